The first-order valence-electron chi connectivity index (χ1n) is 25.8. The van der Waals surface area contributed by atoms with Crippen molar-refractivity contribution >= 4 is 46.8 Å². The molecule has 9 heterocycles. The van der Waals surface area contributed by atoms with Gasteiger partial charge in [0.15, 0.2) is 0 Å². The maximum atomic E-state index is 13.9. The standard InChI is InChI=1S/C39H45N5O6.C10H12N2O3.3C2H6/c1-5-42(22-40-4)21-39-17-15-29(50-39)31-33(39)37(48)44(35(31)46)27-12-8-25(9-13-27)18-24-6-10-26(11-7-24)43-34(45)30-28-14-16-38(49-28,32(30)36(43)47)20-41-19-23(2)3;1-12-8(13)6-5-2-3-10(4-11,15-5)7(6)9(12)14;3*1-2/h6-17,23,28-33,40-41H,5,18-22H2,1-4H3;2-3,5-7H,4,11H2,1H3;3*1-2H3. The second-order valence-electron chi connectivity index (χ2n) is 19.4. The van der Waals surface area contributed by atoms with Gasteiger partial charge >= 0.3 is 0 Å². The summed E-state index contributed by atoms with van der Waals surface area (Å²) in [6.07, 6.45) is 11.1. The summed E-state index contributed by atoms with van der Waals surface area (Å²) < 4.78 is 18.2. The number of ether oxygens (including phenoxy) is 3. The van der Waals surface area contributed by atoms with Gasteiger partial charge in [-0.3, -0.25) is 38.6 Å². The molecule has 16 nitrogen and oxygen atoms in total. The number of likely N-dealkylation sites (tertiary alicyclic amines) is 1. The number of hydrogen-bond acceptors (Lipinski definition) is 13. The Hall–Kier alpha value is -5.20. The van der Waals surface area contributed by atoms with Crippen LogP contribution in [0.1, 0.15) is 73.4 Å². The largest absolute Gasteiger partial charge is 0.361 e. The maximum Gasteiger partial charge on any atom is 0.241 e. The van der Waals surface area contributed by atoms with Crippen LogP contribution in [-0.2, 0) is 49.4 Å². The predicted octanol–water partition coefficient (Wildman–Crippen LogP) is 4.61. The molecule has 6 bridgehead atoms. The van der Waals surface area contributed by atoms with Crippen LogP contribution in [0.3, 0.4) is 0 Å². The molecule has 0 spiro atoms. The number of benzene rings is 2. The molecule has 6 fully saturated rings. The summed E-state index contributed by atoms with van der Waals surface area (Å²) in [5.41, 5.74) is 6.46. The summed E-state index contributed by atoms with van der Waals surface area (Å²) >= 11 is 0. The number of imide groups is 3. The second-order valence-corrected chi connectivity index (χ2v) is 19.4. The summed E-state index contributed by atoms with van der Waals surface area (Å²) in [4.78, 5) is 84.6. The number of amides is 6. The van der Waals surface area contributed by atoms with Crippen LogP contribution in [0.4, 0.5) is 11.4 Å². The van der Waals surface area contributed by atoms with Gasteiger partial charge in [-0.1, -0.05) is 123 Å². The highest BCUT2D eigenvalue weighted by Crippen LogP contribution is 2.54. The van der Waals surface area contributed by atoms with Crippen molar-refractivity contribution in [3.8, 4) is 0 Å². The molecule has 4 N–H and O–H groups in total. The van der Waals surface area contributed by atoms with E-state index < -0.39 is 52.5 Å². The topological polar surface area (TPSA) is 193 Å². The van der Waals surface area contributed by atoms with Crippen LogP contribution in [-0.4, -0.2) is 134 Å². The van der Waals surface area contributed by atoms with Crippen LogP contribution in [0.5, 0.6) is 0 Å². The molecule has 6 amide bonds. The van der Waals surface area contributed by atoms with Crippen molar-refractivity contribution in [1.29, 1.82) is 0 Å². The van der Waals surface area contributed by atoms with Crippen LogP contribution in [0.15, 0.2) is 85.0 Å². The van der Waals surface area contributed by atoms with Crippen molar-refractivity contribution in [1.82, 2.24) is 20.4 Å². The van der Waals surface area contributed by atoms with E-state index in [0.29, 0.717) is 43.5 Å². The van der Waals surface area contributed by atoms with Gasteiger partial charge in [-0.05, 0) is 67.9 Å². The van der Waals surface area contributed by atoms with E-state index in [1.165, 1.54) is 21.7 Å². The normalized spacial score (nSPS) is 33.6. The highest BCUT2D eigenvalue weighted by atomic mass is 16.5. The molecule has 0 aromatic heterocycles. The average molecular weight is 978 g/mol. The fourth-order valence-electron chi connectivity index (χ4n) is 12.0. The SMILES string of the molecule is CC.CC.CC.CCN(CNC)CC12C=CC(O1)C1C(=O)N(c3ccc(Cc4ccc(N5C(=O)C6C7C=CC(CNCC(C)C)(O7)C6C5=O)cc4)cc3)C(=O)C12.CN1C(=O)C2C3C=CC(CN)(O3)C2C1=O. The molecule has 11 rings (SSSR count). The molecular formula is C55H75N7O9. The zero-order valence-corrected chi connectivity index (χ0v) is 43.3. The molecule has 384 valence electrons. The first kappa shape index (κ1) is 53.6. The first-order chi connectivity index (χ1) is 34.2. The van der Waals surface area contributed by atoms with E-state index in [1.54, 1.807) is 0 Å². The lowest BCUT2D eigenvalue weighted by Crippen LogP contribution is -2.50. The summed E-state index contributed by atoms with van der Waals surface area (Å²) in [5, 5.41) is 6.60. The molecule has 2 aromatic carbocycles. The van der Waals surface area contributed by atoms with Crippen molar-refractivity contribution < 1.29 is 43.0 Å². The van der Waals surface area contributed by atoms with Gasteiger partial charge in [0, 0.05) is 33.4 Å². The third-order valence-electron chi connectivity index (χ3n) is 15.1. The Morgan fingerprint density at radius 1 is 0.620 bits per heavy atom. The van der Waals surface area contributed by atoms with E-state index in [1.807, 2.05) is 134 Å². The Balaban J connectivity index is 0.000000295. The molecule has 71 heavy (non-hydrogen) atoms. The van der Waals surface area contributed by atoms with E-state index >= 15 is 0 Å². The highest BCUT2D eigenvalue weighted by molar-refractivity contribution is 6.24. The number of anilines is 2. The van der Waals surface area contributed by atoms with Crippen molar-refractivity contribution in [3.63, 3.8) is 0 Å². The third kappa shape index (κ3) is 8.86. The molecule has 2 aromatic rings. The molecule has 0 radical (unpaired) electrons. The van der Waals surface area contributed by atoms with Crippen molar-refractivity contribution in [2.75, 3.05) is 63.3 Å². The fourth-order valence-corrected chi connectivity index (χ4v) is 12.0. The number of fused-ring (bicyclic) bond motifs is 15. The Morgan fingerprint density at radius 2 is 1.04 bits per heavy atom. The highest BCUT2D eigenvalue weighted by Gasteiger charge is 2.70. The van der Waals surface area contributed by atoms with Crippen molar-refractivity contribution in [3.05, 3.63) is 96.1 Å². The van der Waals surface area contributed by atoms with Crippen LogP contribution >= 0.6 is 0 Å². The Labute approximate surface area is 419 Å². The monoisotopic (exact) mass is 978 g/mol. The fraction of sp³-hybridized carbons (Fsp3) is 0.564. The minimum absolute atomic E-state index is 0.144. The average Bonchev–Trinajstić information content (AvgIpc) is 4.30. The number of nitrogens with zero attached hydrogens (tertiary/aromatic N) is 4. The Bertz CT molecular complexity index is 2420. The lowest BCUT2D eigenvalue weighted by molar-refractivity contribution is -0.142. The second kappa shape index (κ2) is 21.5. The minimum Gasteiger partial charge on any atom is -0.361 e. The van der Waals surface area contributed by atoms with Crippen LogP contribution in [0.2, 0.25) is 0 Å². The zero-order chi connectivity index (χ0) is 51.7. The maximum absolute atomic E-state index is 13.9. The summed E-state index contributed by atoms with van der Waals surface area (Å²) in [6, 6.07) is 15.1. The van der Waals surface area contributed by atoms with E-state index in [0.717, 1.165) is 24.2 Å². The summed E-state index contributed by atoms with van der Waals surface area (Å²) in [5.74, 6) is -3.55. The first-order valence-corrected chi connectivity index (χ1v) is 25.8. The van der Waals surface area contributed by atoms with E-state index in [2.05, 4.69) is 36.3 Å². The Kier molecular flexibility index (Phi) is 16.2. The molecule has 12 atom stereocenters. The summed E-state index contributed by atoms with van der Waals surface area (Å²) in [6.45, 7) is 21.8. The summed E-state index contributed by atoms with van der Waals surface area (Å²) in [7, 11) is 3.41. The van der Waals surface area contributed by atoms with Gasteiger partial charge in [-0.25, -0.2) is 9.80 Å². The van der Waals surface area contributed by atoms with Gasteiger partial charge in [0.25, 0.3) is 0 Å². The van der Waals surface area contributed by atoms with Gasteiger partial charge < -0.3 is 30.6 Å². The van der Waals surface area contributed by atoms with Crippen molar-refractivity contribution in [2.24, 2.45) is 47.2 Å². The van der Waals surface area contributed by atoms with Gasteiger partial charge in [-0.15, -0.1) is 0 Å². The van der Waals surface area contributed by atoms with Gasteiger partial charge in [0.1, 0.15) is 16.8 Å². The van der Waals surface area contributed by atoms with E-state index in [4.69, 9.17) is 19.9 Å². The molecule has 12 unspecified atom stereocenters. The smallest absolute Gasteiger partial charge is 0.241 e. The molecule has 9 aliphatic heterocycles. The molecule has 6 saturated heterocycles. The molecule has 9 aliphatic rings. The lowest BCUT2D eigenvalue weighted by Gasteiger charge is -2.34. The van der Waals surface area contributed by atoms with E-state index in [-0.39, 0.29) is 60.1 Å². The number of rotatable bonds is 14. The van der Waals surface area contributed by atoms with Crippen LogP contribution < -0.4 is 26.2 Å². The van der Waals surface area contributed by atoms with E-state index in [9.17, 15) is 28.8 Å². The molecular weight excluding hydrogens is 903 g/mol. The number of likely N-dealkylation sites (N-methyl/N-ethyl adjacent to an activating group) is 1. The number of carbonyl (C=O) groups is 6. The number of hydrogen-bond donors (Lipinski definition) is 3. The zero-order valence-electron chi connectivity index (χ0n) is 43.3. The minimum atomic E-state index is -0.810. The van der Waals surface area contributed by atoms with Gasteiger partial charge in [-0.2, -0.15) is 0 Å². The Morgan fingerprint density at radius 3 is 1.51 bits per heavy atom. The molecule has 0 saturated carbocycles. The quantitative estimate of drug-likeness (QED) is 0.135. The number of nitrogens with one attached hydrogen (secondary N) is 2. The third-order valence-corrected chi connectivity index (χ3v) is 15.1. The lowest BCUT2D eigenvalue weighted by atomic mass is 9.76. The molecule has 0 aliphatic carbocycles. The number of nitrogens with two attached hydrogens (primary N) is 1. The predicted molar refractivity (Wildman–Crippen MR) is 272 cm³/mol. The molecule has 16 heteroatoms. The van der Waals surface area contributed by atoms with Gasteiger partial charge in [0.2, 0.25) is 35.4 Å². The number of carbonyl (C=O) groups excluding carboxylic acids is 6. The van der Waals surface area contributed by atoms with Crippen LogP contribution in [0.25, 0.3) is 0 Å². The van der Waals surface area contributed by atoms with Crippen LogP contribution in [0, 0.1) is 41.4 Å². The van der Waals surface area contributed by atoms with Gasteiger partial charge in [0.05, 0.1) is 65.2 Å². The van der Waals surface area contributed by atoms with Crippen molar-refractivity contribution in [2.45, 2.75) is 104 Å².